The number of para-hydroxylation sites is 1. The molecule has 5 rings (SSSR count). The Balaban J connectivity index is 1.17. The number of carbonyl (C=O) groups excluding carboxylic acids is 1. The predicted molar refractivity (Wildman–Crippen MR) is 145 cm³/mol. The summed E-state index contributed by atoms with van der Waals surface area (Å²) in [6.07, 6.45) is 2.15. The Bertz CT molecular complexity index is 1350. The van der Waals surface area contributed by atoms with Crippen LogP contribution in [0.25, 0.3) is 16.7 Å². The fourth-order valence-corrected chi connectivity index (χ4v) is 4.89. The van der Waals surface area contributed by atoms with Gasteiger partial charge < -0.3 is 14.8 Å². The number of aryl methyl sites for hydroxylation is 1. The van der Waals surface area contributed by atoms with Crippen LogP contribution in [0.15, 0.2) is 72.8 Å². The van der Waals surface area contributed by atoms with Gasteiger partial charge in [0, 0.05) is 43.6 Å². The van der Waals surface area contributed by atoms with E-state index in [9.17, 15) is 4.79 Å². The lowest BCUT2D eigenvalue weighted by molar-refractivity contribution is 0.0392. The second kappa shape index (κ2) is 11.6. The molecule has 3 aromatic carbocycles. The number of carbonyl (C=O) groups is 1. The number of imidazole rings is 1. The third-order valence-electron chi connectivity index (χ3n) is 6.98. The molecule has 0 saturated carbocycles. The van der Waals surface area contributed by atoms with E-state index >= 15 is 0 Å². The highest BCUT2D eigenvalue weighted by atomic mass is 16.5. The van der Waals surface area contributed by atoms with Gasteiger partial charge in [0.25, 0.3) is 5.91 Å². The highest BCUT2D eigenvalue weighted by Gasteiger charge is 2.18. The van der Waals surface area contributed by atoms with Crippen molar-refractivity contribution in [2.75, 3.05) is 33.4 Å². The summed E-state index contributed by atoms with van der Waals surface area (Å²) >= 11 is 0. The summed E-state index contributed by atoms with van der Waals surface area (Å²) in [7, 11) is 2.15. The lowest BCUT2D eigenvalue weighted by atomic mass is 10.1. The van der Waals surface area contributed by atoms with Crippen LogP contribution in [0, 0.1) is 6.92 Å². The Morgan fingerprint density at radius 1 is 1.08 bits per heavy atom. The molecular weight excluding hydrogens is 464 g/mol. The molecule has 1 amide bonds. The minimum atomic E-state index is -0.127. The molecule has 0 unspecified atom stereocenters. The molecule has 1 N–H and O–H groups in total. The number of hydrogen-bond acceptors (Lipinski definition) is 5. The zero-order chi connectivity index (χ0) is 25.6. The molecule has 0 radical (unpaired) electrons. The Hall–Kier alpha value is -3.68. The lowest BCUT2D eigenvalue weighted by Gasteiger charge is -2.31. The minimum Gasteiger partial charge on any atom is -0.492 e. The number of ether oxygens (including phenoxy) is 2. The molecular formula is C30H34N4O3. The maximum atomic E-state index is 12.9. The Kier molecular flexibility index (Phi) is 7.82. The molecule has 0 spiro atoms. The summed E-state index contributed by atoms with van der Waals surface area (Å²) in [5.41, 5.74) is 4.42. The van der Waals surface area contributed by atoms with Crippen molar-refractivity contribution < 1.29 is 14.3 Å². The average Bonchev–Trinajstić information content (AvgIpc) is 3.27. The molecule has 1 saturated heterocycles. The van der Waals surface area contributed by atoms with Gasteiger partial charge in [-0.2, -0.15) is 0 Å². The molecule has 7 nitrogen and oxygen atoms in total. The fourth-order valence-electron chi connectivity index (χ4n) is 4.89. The third-order valence-corrected chi connectivity index (χ3v) is 6.98. The van der Waals surface area contributed by atoms with Crippen LogP contribution < -0.4 is 10.1 Å². The van der Waals surface area contributed by atoms with Gasteiger partial charge in [-0.05, 0) is 74.8 Å². The summed E-state index contributed by atoms with van der Waals surface area (Å²) in [5.74, 6) is 1.57. The van der Waals surface area contributed by atoms with Crippen LogP contribution in [0.4, 0.5) is 0 Å². The smallest absolute Gasteiger partial charge is 0.251 e. The molecule has 1 aliphatic rings. The standard InChI is InChI=1S/C30H34N4O3/c1-22-32-28-20-24(11-12-29(28)34(22)26-8-4-3-5-9-26)30(35)31-21-23-7-6-10-27(19-23)37-18-15-33(2)25-13-16-36-17-14-25/h3-12,19-20,25H,13-18,21H2,1-2H3,(H,31,35). The molecule has 1 aromatic heterocycles. The Morgan fingerprint density at radius 2 is 1.89 bits per heavy atom. The van der Waals surface area contributed by atoms with Gasteiger partial charge in [0.2, 0.25) is 0 Å². The van der Waals surface area contributed by atoms with Gasteiger partial charge in [0.15, 0.2) is 0 Å². The van der Waals surface area contributed by atoms with Crippen molar-refractivity contribution in [2.45, 2.75) is 32.4 Å². The molecule has 0 aliphatic carbocycles. The molecule has 7 heteroatoms. The number of benzene rings is 3. The van der Waals surface area contributed by atoms with Crippen LogP contribution in [-0.2, 0) is 11.3 Å². The molecule has 2 heterocycles. The third kappa shape index (κ3) is 6.01. The quantitative estimate of drug-likeness (QED) is 0.361. The topological polar surface area (TPSA) is 68.6 Å². The maximum absolute atomic E-state index is 12.9. The number of nitrogens with one attached hydrogen (secondary N) is 1. The summed E-state index contributed by atoms with van der Waals surface area (Å²) < 4.78 is 13.6. The van der Waals surface area contributed by atoms with E-state index in [1.807, 2.05) is 67.6 Å². The van der Waals surface area contributed by atoms with Gasteiger partial charge in [0.1, 0.15) is 18.2 Å². The van der Waals surface area contributed by atoms with Gasteiger partial charge in [-0.15, -0.1) is 0 Å². The first-order valence-electron chi connectivity index (χ1n) is 12.9. The van der Waals surface area contributed by atoms with Crippen molar-refractivity contribution in [3.8, 4) is 11.4 Å². The Morgan fingerprint density at radius 3 is 2.70 bits per heavy atom. The number of rotatable bonds is 9. The fraction of sp³-hybridized carbons (Fsp3) is 0.333. The van der Waals surface area contributed by atoms with Crippen molar-refractivity contribution in [1.29, 1.82) is 0 Å². The van der Waals surface area contributed by atoms with Crippen LogP contribution >= 0.6 is 0 Å². The number of amides is 1. The van der Waals surface area contributed by atoms with Crippen molar-refractivity contribution in [2.24, 2.45) is 0 Å². The number of nitrogens with zero attached hydrogens (tertiary/aromatic N) is 3. The van der Waals surface area contributed by atoms with E-state index in [0.717, 1.165) is 66.5 Å². The lowest BCUT2D eigenvalue weighted by Crippen LogP contribution is -2.38. The van der Waals surface area contributed by atoms with Crippen LogP contribution in [0.1, 0.15) is 34.6 Å². The van der Waals surface area contributed by atoms with Gasteiger partial charge in [-0.3, -0.25) is 14.3 Å². The molecule has 1 fully saturated rings. The molecule has 0 bridgehead atoms. The van der Waals surface area contributed by atoms with E-state index in [0.29, 0.717) is 24.8 Å². The average molecular weight is 499 g/mol. The van der Waals surface area contributed by atoms with E-state index in [1.54, 1.807) is 0 Å². The normalized spacial score (nSPS) is 14.2. The molecule has 0 atom stereocenters. The van der Waals surface area contributed by atoms with E-state index < -0.39 is 0 Å². The van der Waals surface area contributed by atoms with Crippen molar-refractivity contribution in [3.05, 3.63) is 89.7 Å². The first-order valence-corrected chi connectivity index (χ1v) is 12.9. The van der Waals surface area contributed by atoms with Gasteiger partial charge >= 0.3 is 0 Å². The molecule has 37 heavy (non-hydrogen) atoms. The highest BCUT2D eigenvalue weighted by molar-refractivity contribution is 5.97. The van der Waals surface area contributed by atoms with E-state index in [1.165, 1.54) is 0 Å². The first-order chi connectivity index (χ1) is 18.1. The monoisotopic (exact) mass is 498 g/mol. The van der Waals surface area contributed by atoms with Crippen LogP contribution in [0.3, 0.4) is 0 Å². The largest absolute Gasteiger partial charge is 0.492 e. The first kappa shape index (κ1) is 25.0. The van der Waals surface area contributed by atoms with Crippen molar-refractivity contribution in [1.82, 2.24) is 19.8 Å². The number of hydrogen-bond donors (Lipinski definition) is 1. The molecule has 4 aromatic rings. The highest BCUT2D eigenvalue weighted by Crippen LogP contribution is 2.22. The number of fused-ring (bicyclic) bond motifs is 1. The van der Waals surface area contributed by atoms with Crippen LogP contribution in [0.2, 0.25) is 0 Å². The summed E-state index contributed by atoms with van der Waals surface area (Å²) in [4.78, 5) is 20.0. The maximum Gasteiger partial charge on any atom is 0.251 e. The number of aromatic nitrogens is 2. The van der Waals surface area contributed by atoms with E-state index in [-0.39, 0.29) is 5.91 Å². The van der Waals surface area contributed by atoms with Crippen molar-refractivity contribution in [3.63, 3.8) is 0 Å². The van der Waals surface area contributed by atoms with Crippen LogP contribution in [-0.4, -0.2) is 59.8 Å². The zero-order valence-corrected chi connectivity index (χ0v) is 21.5. The minimum absolute atomic E-state index is 0.127. The summed E-state index contributed by atoms with van der Waals surface area (Å²) in [6, 6.07) is 24.3. The van der Waals surface area contributed by atoms with Gasteiger partial charge in [-0.25, -0.2) is 4.98 Å². The molecule has 192 valence electrons. The Labute approximate surface area is 218 Å². The molecule has 1 aliphatic heterocycles. The summed E-state index contributed by atoms with van der Waals surface area (Å²) in [6.45, 7) is 5.58. The predicted octanol–water partition coefficient (Wildman–Crippen LogP) is 4.75. The van der Waals surface area contributed by atoms with Crippen LogP contribution in [0.5, 0.6) is 5.75 Å². The van der Waals surface area contributed by atoms with E-state index in [4.69, 9.17) is 9.47 Å². The van der Waals surface area contributed by atoms with Gasteiger partial charge in [0.05, 0.1) is 11.0 Å². The summed E-state index contributed by atoms with van der Waals surface area (Å²) in [5, 5.41) is 3.03. The SMILES string of the molecule is Cc1nc2cc(C(=O)NCc3cccc(OCCN(C)C4CCOCC4)c3)ccc2n1-c1ccccc1. The van der Waals surface area contributed by atoms with Gasteiger partial charge in [-0.1, -0.05) is 30.3 Å². The zero-order valence-electron chi connectivity index (χ0n) is 21.5. The second-order valence-electron chi connectivity index (χ2n) is 9.54. The van der Waals surface area contributed by atoms with Crippen molar-refractivity contribution >= 4 is 16.9 Å². The van der Waals surface area contributed by atoms with E-state index in [2.05, 4.69) is 38.9 Å². The second-order valence-corrected chi connectivity index (χ2v) is 9.54. The number of likely N-dealkylation sites (N-methyl/N-ethyl adjacent to an activating group) is 1.